The second-order valence-corrected chi connectivity index (χ2v) is 11.4. The third-order valence-corrected chi connectivity index (χ3v) is 8.76. The molecule has 2 amide bonds. The first kappa shape index (κ1) is 25.4. The van der Waals surface area contributed by atoms with Crippen LogP contribution in [0.4, 0.5) is 0 Å². The maximum Gasteiger partial charge on any atom is 0.253 e. The Hall–Kier alpha value is -2.71. The van der Waals surface area contributed by atoms with Crippen molar-refractivity contribution in [3.8, 4) is 0 Å². The van der Waals surface area contributed by atoms with Gasteiger partial charge in [0.25, 0.3) is 5.91 Å². The summed E-state index contributed by atoms with van der Waals surface area (Å²) in [4.78, 5) is 27.0. The molecule has 2 saturated heterocycles. The maximum absolute atomic E-state index is 12.9. The number of hydrogen-bond acceptors (Lipinski definition) is 4. The zero-order chi connectivity index (χ0) is 24.7. The molecular formula is C27H35N3O4S. The van der Waals surface area contributed by atoms with Crippen LogP contribution in [0.5, 0.6) is 0 Å². The van der Waals surface area contributed by atoms with Crippen molar-refractivity contribution in [2.75, 3.05) is 26.2 Å². The van der Waals surface area contributed by atoms with Crippen LogP contribution in [0.25, 0.3) is 0 Å². The summed E-state index contributed by atoms with van der Waals surface area (Å²) in [6.45, 7) is 3.23. The van der Waals surface area contributed by atoms with Gasteiger partial charge >= 0.3 is 0 Å². The highest BCUT2D eigenvalue weighted by atomic mass is 32.2. The van der Waals surface area contributed by atoms with Crippen molar-refractivity contribution in [1.29, 1.82) is 0 Å². The molecule has 0 aromatic heterocycles. The Balaban J connectivity index is 1.23. The van der Waals surface area contributed by atoms with E-state index in [2.05, 4.69) is 5.32 Å². The van der Waals surface area contributed by atoms with E-state index in [0.29, 0.717) is 42.9 Å². The van der Waals surface area contributed by atoms with E-state index >= 15 is 0 Å². The second-order valence-electron chi connectivity index (χ2n) is 9.44. The predicted octanol–water partition coefficient (Wildman–Crippen LogP) is 3.74. The van der Waals surface area contributed by atoms with Crippen molar-refractivity contribution >= 4 is 21.8 Å². The van der Waals surface area contributed by atoms with Crippen LogP contribution >= 0.6 is 0 Å². The van der Waals surface area contributed by atoms with E-state index in [1.165, 1.54) is 0 Å². The number of amides is 2. The molecule has 0 bridgehead atoms. The molecule has 0 aliphatic carbocycles. The van der Waals surface area contributed by atoms with Crippen molar-refractivity contribution < 1.29 is 18.0 Å². The van der Waals surface area contributed by atoms with E-state index in [4.69, 9.17) is 0 Å². The van der Waals surface area contributed by atoms with Crippen molar-refractivity contribution in [2.45, 2.75) is 62.8 Å². The van der Waals surface area contributed by atoms with Gasteiger partial charge in [-0.25, -0.2) is 8.42 Å². The molecule has 2 aliphatic heterocycles. The van der Waals surface area contributed by atoms with Crippen LogP contribution in [-0.4, -0.2) is 55.6 Å². The molecule has 2 aliphatic rings. The first-order chi connectivity index (χ1) is 16.9. The molecule has 2 aromatic carbocycles. The molecule has 0 unspecified atom stereocenters. The summed E-state index contributed by atoms with van der Waals surface area (Å²) >= 11 is 0. The molecule has 0 spiro atoms. The first-order valence-electron chi connectivity index (χ1n) is 12.7. The zero-order valence-corrected chi connectivity index (χ0v) is 21.1. The second kappa shape index (κ2) is 11.8. The van der Waals surface area contributed by atoms with Crippen LogP contribution in [0.3, 0.4) is 0 Å². The quantitative estimate of drug-likeness (QED) is 0.602. The van der Waals surface area contributed by atoms with E-state index in [1.54, 1.807) is 28.6 Å². The Labute approximate surface area is 208 Å². The molecule has 188 valence electrons. The Kier molecular flexibility index (Phi) is 8.57. The topological polar surface area (TPSA) is 86.8 Å². The number of nitrogens with zero attached hydrogens (tertiary/aromatic N) is 2. The fourth-order valence-corrected chi connectivity index (χ4v) is 6.19. The van der Waals surface area contributed by atoms with Gasteiger partial charge in [-0.05, 0) is 67.5 Å². The average molecular weight is 498 g/mol. The largest absolute Gasteiger partial charge is 0.352 e. The maximum atomic E-state index is 12.9. The molecule has 0 saturated carbocycles. The Morgan fingerprint density at radius 1 is 0.743 bits per heavy atom. The minimum atomic E-state index is -3.46. The standard InChI is InChI=1S/C27H35N3O4S/c31-26(28-21-23-7-12-24(13-8-23)27(32)29-17-5-6-18-29)16-11-22-9-14-25(15-10-22)35(33,34)30-19-3-1-2-4-20-30/h7-10,12-15H,1-6,11,16-21H2,(H,28,31). The highest BCUT2D eigenvalue weighted by Crippen LogP contribution is 2.21. The smallest absolute Gasteiger partial charge is 0.253 e. The number of hydrogen-bond donors (Lipinski definition) is 1. The van der Waals surface area contributed by atoms with E-state index in [9.17, 15) is 18.0 Å². The lowest BCUT2D eigenvalue weighted by molar-refractivity contribution is -0.121. The number of carbonyl (C=O) groups excluding carboxylic acids is 2. The van der Waals surface area contributed by atoms with Gasteiger partial charge in [-0.2, -0.15) is 4.31 Å². The summed E-state index contributed by atoms with van der Waals surface area (Å²) in [6.07, 6.45) is 6.98. The minimum absolute atomic E-state index is 0.0662. The van der Waals surface area contributed by atoms with E-state index in [0.717, 1.165) is 62.7 Å². The molecule has 1 N–H and O–H groups in total. The third-order valence-electron chi connectivity index (χ3n) is 6.85. The number of carbonyl (C=O) groups is 2. The summed E-state index contributed by atoms with van der Waals surface area (Å²) in [5.41, 5.74) is 2.56. The molecule has 8 heteroatoms. The van der Waals surface area contributed by atoms with Crippen LogP contribution in [0.15, 0.2) is 53.4 Å². The molecule has 4 rings (SSSR count). The fourth-order valence-electron chi connectivity index (χ4n) is 4.67. The number of nitrogens with one attached hydrogen (secondary N) is 1. The van der Waals surface area contributed by atoms with Gasteiger partial charge in [0.05, 0.1) is 4.90 Å². The predicted molar refractivity (Wildman–Crippen MR) is 135 cm³/mol. The lowest BCUT2D eigenvalue weighted by atomic mass is 10.1. The van der Waals surface area contributed by atoms with Gasteiger partial charge in [0.2, 0.25) is 15.9 Å². The van der Waals surface area contributed by atoms with Gasteiger partial charge in [-0.3, -0.25) is 9.59 Å². The van der Waals surface area contributed by atoms with Crippen LogP contribution in [-0.2, 0) is 27.8 Å². The summed E-state index contributed by atoms with van der Waals surface area (Å²) < 4.78 is 27.4. The van der Waals surface area contributed by atoms with Crippen LogP contribution in [0.2, 0.25) is 0 Å². The number of benzene rings is 2. The zero-order valence-electron chi connectivity index (χ0n) is 20.2. The average Bonchev–Trinajstić information content (AvgIpc) is 3.28. The highest BCUT2D eigenvalue weighted by molar-refractivity contribution is 7.89. The number of rotatable bonds is 8. The highest BCUT2D eigenvalue weighted by Gasteiger charge is 2.25. The Morgan fingerprint density at radius 2 is 1.31 bits per heavy atom. The summed E-state index contributed by atoms with van der Waals surface area (Å²) in [7, 11) is -3.46. The van der Waals surface area contributed by atoms with Crippen molar-refractivity contribution in [1.82, 2.24) is 14.5 Å². The molecule has 35 heavy (non-hydrogen) atoms. The normalized spacial score (nSPS) is 17.2. The van der Waals surface area contributed by atoms with Crippen LogP contribution in [0, 0.1) is 0 Å². The monoisotopic (exact) mass is 497 g/mol. The van der Waals surface area contributed by atoms with Gasteiger partial charge in [0, 0.05) is 44.7 Å². The summed E-state index contributed by atoms with van der Waals surface area (Å²) in [5.74, 6) is 0.00631. The first-order valence-corrected chi connectivity index (χ1v) is 14.1. The number of aryl methyl sites for hydroxylation is 1. The van der Waals surface area contributed by atoms with Crippen LogP contribution < -0.4 is 5.32 Å². The van der Waals surface area contributed by atoms with Crippen molar-refractivity contribution in [3.05, 3.63) is 65.2 Å². The Morgan fingerprint density at radius 3 is 1.94 bits per heavy atom. The Bertz CT molecular complexity index is 1100. The molecular weight excluding hydrogens is 462 g/mol. The summed E-state index contributed by atoms with van der Waals surface area (Å²) in [6, 6.07) is 14.3. The third kappa shape index (κ3) is 6.70. The number of likely N-dealkylation sites (tertiary alicyclic amines) is 1. The molecule has 2 heterocycles. The number of sulfonamides is 1. The molecule has 2 fully saturated rings. The lowest BCUT2D eigenvalue weighted by Gasteiger charge is -2.20. The van der Waals surface area contributed by atoms with Crippen molar-refractivity contribution in [3.63, 3.8) is 0 Å². The molecule has 0 radical (unpaired) electrons. The van der Waals surface area contributed by atoms with Gasteiger partial charge < -0.3 is 10.2 Å². The van der Waals surface area contributed by atoms with E-state index in [-0.39, 0.29) is 11.8 Å². The molecule has 0 atom stereocenters. The molecule has 7 nitrogen and oxygen atoms in total. The van der Waals surface area contributed by atoms with Gasteiger partial charge in [-0.15, -0.1) is 0 Å². The fraction of sp³-hybridized carbons (Fsp3) is 0.481. The van der Waals surface area contributed by atoms with Crippen LogP contribution in [0.1, 0.15) is 66.4 Å². The van der Waals surface area contributed by atoms with E-state index < -0.39 is 10.0 Å². The van der Waals surface area contributed by atoms with E-state index in [1.807, 2.05) is 29.2 Å². The minimum Gasteiger partial charge on any atom is -0.352 e. The summed E-state index contributed by atoms with van der Waals surface area (Å²) in [5, 5.41) is 2.92. The van der Waals surface area contributed by atoms with Crippen molar-refractivity contribution in [2.24, 2.45) is 0 Å². The lowest BCUT2D eigenvalue weighted by Crippen LogP contribution is -2.31. The molecule has 2 aromatic rings. The van der Waals surface area contributed by atoms with Gasteiger partial charge in [0.1, 0.15) is 0 Å². The van der Waals surface area contributed by atoms with Gasteiger partial charge in [0.15, 0.2) is 0 Å². The van der Waals surface area contributed by atoms with Gasteiger partial charge in [-0.1, -0.05) is 37.1 Å². The SMILES string of the molecule is O=C(CCc1ccc(S(=O)(=O)N2CCCCCC2)cc1)NCc1ccc(C(=O)N2CCCC2)cc1.